The summed E-state index contributed by atoms with van der Waals surface area (Å²) in [6, 6.07) is 57.9. The molecule has 3 heterocycles. The molecule has 4 heteroatoms. The third-order valence-electron chi connectivity index (χ3n) is 9.75. The van der Waals surface area contributed by atoms with Gasteiger partial charge in [0.15, 0.2) is 0 Å². The Labute approximate surface area is 293 Å². The van der Waals surface area contributed by atoms with Crippen molar-refractivity contribution in [3.8, 4) is 22.3 Å². The van der Waals surface area contributed by atoms with Crippen LogP contribution in [0.4, 0.5) is 0 Å². The number of thiophene rings is 1. The highest BCUT2D eigenvalue weighted by Gasteiger charge is 2.24. The average Bonchev–Trinajstić information content (AvgIpc) is 3.77. The molecule has 7 aromatic carbocycles. The van der Waals surface area contributed by atoms with E-state index in [-0.39, 0.29) is 6.17 Å². The minimum Gasteiger partial charge on any atom is -0.456 e. The molecule has 9 aromatic rings. The third-order valence-corrected chi connectivity index (χ3v) is 11.0. The van der Waals surface area contributed by atoms with E-state index in [1.54, 1.807) is 0 Å². The van der Waals surface area contributed by atoms with Crippen LogP contribution < -0.4 is 5.32 Å². The van der Waals surface area contributed by atoms with Crippen molar-refractivity contribution in [2.75, 3.05) is 0 Å². The normalized spacial score (nSPS) is 14.6. The Morgan fingerprint density at radius 1 is 0.520 bits per heavy atom. The van der Waals surface area contributed by atoms with Gasteiger partial charge in [-0.3, -0.25) is 4.99 Å². The van der Waals surface area contributed by atoms with Gasteiger partial charge in [-0.15, -0.1) is 11.3 Å². The van der Waals surface area contributed by atoms with Crippen LogP contribution in [0.15, 0.2) is 179 Å². The van der Waals surface area contributed by atoms with Crippen LogP contribution >= 0.6 is 11.3 Å². The second-order valence-electron chi connectivity index (χ2n) is 12.7. The fourth-order valence-corrected chi connectivity index (χ4v) is 8.55. The van der Waals surface area contributed by atoms with E-state index in [4.69, 9.17) is 9.41 Å². The summed E-state index contributed by atoms with van der Waals surface area (Å²) in [5.41, 5.74) is 11.8. The lowest BCUT2D eigenvalue weighted by Gasteiger charge is -2.25. The summed E-state index contributed by atoms with van der Waals surface area (Å²) >= 11 is 1.85. The molecule has 0 radical (unpaired) electrons. The molecule has 236 valence electrons. The Morgan fingerprint density at radius 3 is 2.04 bits per heavy atom. The van der Waals surface area contributed by atoms with Crippen molar-refractivity contribution in [1.82, 2.24) is 5.32 Å². The second-order valence-corrected chi connectivity index (χ2v) is 13.8. The van der Waals surface area contributed by atoms with Crippen LogP contribution in [0.2, 0.25) is 0 Å². The maximum atomic E-state index is 6.61. The maximum Gasteiger partial charge on any atom is 0.146 e. The molecule has 1 aliphatic heterocycles. The summed E-state index contributed by atoms with van der Waals surface area (Å²) in [6.07, 6.45) is 1.85. The summed E-state index contributed by atoms with van der Waals surface area (Å²) in [5, 5.41) is 8.57. The molecule has 0 aliphatic carbocycles. The predicted octanol–water partition coefficient (Wildman–Crippen LogP) is 12.4. The number of nitrogens with zero attached hydrogens (tertiary/aromatic N) is 1. The summed E-state index contributed by atoms with van der Waals surface area (Å²) in [6.45, 7) is 0. The second kappa shape index (κ2) is 11.7. The lowest BCUT2D eigenvalue weighted by molar-refractivity contribution is 0.658. The number of fused-ring (bicyclic) bond motifs is 6. The monoisotopic (exact) mass is 658 g/mol. The Kier molecular flexibility index (Phi) is 6.74. The van der Waals surface area contributed by atoms with Crippen LogP contribution in [0, 0.1) is 0 Å². The molecule has 1 N–H and O–H groups in total. The third kappa shape index (κ3) is 4.84. The van der Waals surface area contributed by atoms with Crippen molar-refractivity contribution in [3.63, 3.8) is 0 Å². The SMILES string of the molecule is C1=C(c2ccc(-c3ccccc3)cc2)NC(c2cccc3oc4cc(-c5cccc6c5sc5ccccc56)ccc4c23)N=C1c1ccccc1. The topological polar surface area (TPSA) is 37.5 Å². The quantitative estimate of drug-likeness (QED) is 0.200. The van der Waals surface area contributed by atoms with E-state index >= 15 is 0 Å². The molecule has 10 rings (SSSR count). The lowest BCUT2D eigenvalue weighted by Crippen LogP contribution is -2.25. The highest BCUT2D eigenvalue weighted by molar-refractivity contribution is 7.26. The van der Waals surface area contributed by atoms with Gasteiger partial charge in [-0.2, -0.15) is 0 Å². The number of benzene rings is 7. The number of hydrogen-bond donors (Lipinski definition) is 1. The van der Waals surface area contributed by atoms with Crippen molar-refractivity contribution in [3.05, 3.63) is 187 Å². The standard InChI is InChI=1S/C46H30N2OS/c1-3-11-29(12-4-1)30-21-23-32(24-22-30)40-28-39(31-13-5-2-6-14-31)47-46(48-40)38-18-10-19-41-44(38)37-26-25-33(27-42(37)49-41)34-16-9-17-36-35-15-7-8-20-43(35)50-45(34)36/h1-28,46,48H. The molecule has 1 atom stereocenters. The first kappa shape index (κ1) is 28.8. The largest absolute Gasteiger partial charge is 0.456 e. The van der Waals surface area contributed by atoms with Crippen LogP contribution in [-0.2, 0) is 0 Å². The first-order valence-electron chi connectivity index (χ1n) is 16.9. The molecule has 0 amide bonds. The van der Waals surface area contributed by atoms with Gasteiger partial charge in [0.25, 0.3) is 0 Å². The van der Waals surface area contributed by atoms with E-state index in [1.807, 2.05) is 17.4 Å². The number of nitrogens with one attached hydrogen (secondary N) is 1. The van der Waals surface area contributed by atoms with Crippen molar-refractivity contribution in [2.24, 2.45) is 4.99 Å². The Bertz CT molecular complexity index is 2770. The van der Waals surface area contributed by atoms with E-state index in [0.29, 0.717) is 0 Å². The van der Waals surface area contributed by atoms with E-state index in [2.05, 4.69) is 169 Å². The van der Waals surface area contributed by atoms with Gasteiger partial charge in [0.2, 0.25) is 0 Å². The number of allylic oxidation sites excluding steroid dienone is 1. The number of furan rings is 1. The van der Waals surface area contributed by atoms with Crippen LogP contribution in [0.25, 0.3) is 70.1 Å². The van der Waals surface area contributed by atoms with Gasteiger partial charge in [0.05, 0.1) is 5.71 Å². The molecule has 0 saturated carbocycles. The zero-order chi connectivity index (χ0) is 33.0. The van der Waals surface area contributed by atoms with Gasteiger partial charge in [-0.05, 0) is 63.7 Å². The fraction of sp³-hybridized carbons (Fsp3) is 0.0217. The van der Waals surface area contributed by atoms with Crippen LogP contribution in [0.5, 0.6) is 0 Å². The number of rotatable bonds is 5. The molecule has 3 nitrogen and oxygen atoms in total. The number of hydrogen-bond acceptors (Lipinski definition) is 4. The minimum absolute atomic E-state index is 0.310. The molecule has 1 unspecified atom stereocenters. The van der Waals surface area contributed by atoms with Crippen LogP contribution in [0.1, 0.15) is 22.9 Å². The predicted molar refractivity (Wildman–Crippen MR) is 211 cm³/mol. The molecule has 2 aromatic heterocycles. The van der Waals surface area contributed by atoms with Crippen LogP contribution in [-0.4, -0.2) is 5.71 Å². The van der Waals surface area contributed by atoms with E-state index in [0.717, 1.165) is 55.6 Å². The first-order valence-corrected chi connectivity index (χ1v) is 17.7. The molecule has 0 saturated heterocycles. The highest BCUT2D eigenvalue weighted by Crippen LogP contribution is 2.42. The van der Waals surface area contributed by atoms with Crippen molar-refractivity contribution in [2.45, 2.75) is 6.17 Å². The van der Waals surface area contributed by atoms with Crippen molar-refractivity contribution < 1.29 is 4.42 Å². The molecule has 0 fully saturated rings. The van der Waals surface area contributed by atoms with Gasteiger partial charge in [0.1, 0.15) is 17.3 Å². The Morgan fingerprint density at radius 2 is 1.20 bits per heavy atom. The zero-order valence-corrected chi connectivity index (χ0v) is 27.8. The van der Waals surface area contributed by atoms with Gasteiger partial charge in [-0.25, -0.2) is 0 Å². The Hall–Kier alpha value is -6.23. The average molecular weight is 659 g/mol. The highest BCUT2D eigenvalue weighted by atomic mass is 32.1. The maximum absolute atomic E-state index is 6.61. The molecule has 0 bridgehead atoms. The smallest absolute Gasteiger partial charge is 0.146 e. The molecule has 50 heavy (non-hydrogen) atoms. The van der Waals surface area contributed by atoms with E-state index in [9.17, 15) is 0 Å². The van der Waals surface area contributed by atoms with E-state index < -0.39 is 0 Å². The van der Waals surface area contributed by atoms with Gasteiger partial charge >= 0.3 is 0 Å². The number of aliphatic imine (C=N–C) groups is 1. The molecule has 1 aliphatic rings. The van der Waals surface area contributed by atoms with Gasteiger partial charge in [0, 0.05) is 42.2 Å². The lowest BCUT2D eigenvalue weighted by atomic mass is 9.97. The summed E-state index contributed by atoms with van der Waals surface area (Å²) in [7, 11) is 0. The Balaban J connectivity index is 1.07. The summed E-state index contributed by atoms with van der Waals surface area (Å²) < 4.78 is 9.21. The molecular formula is C46H30N2OS. The zero-order valence-electron chi connectivity index (χ0n) is 27.0. The van der Waals surface area contributed by atoms with E-state index in [1.165, 1.54) is 36.9 Å². The summed E-state index contributed by atoms with van der Waals surface area (Å²) in [5.74, 6) is 0. The molecular weight excluding hydrogens is 629 g/mol. The van der Waals surface area contributed by atoms with Crippen molar-refractivity contribution >= 4 is 64.9 Å². The van der Waals surface area contributed by atoms with Gasteiger partial charge < -0.3 is 9.73 Å². The summed E-state index contributed by atoms with van der Waals surface area (Å²) in [4.78, 5) is 5.31. The van der Waals surface area contributed by atoms with Crippen molar-refractivity contribution in [1.29, 1.82) is 0 Å². The van der Waals surface area contributed by atoms with Gasteiger partial charge in [-0.1, -0.05) is 140 Å². The fourth-order valence-electron chi connectivity index (χ4n) is 7.31. The van der Waals surface area contributed by atoms with Crippen LogP contribution in [0.3, 0.4) is 0 Å². The molecule has 0 spiro atoms. The first-order chi connectivity index (χ1) is 24.8. The minimum atomic E-state index is -0.310.